The number of likely N-dealkylation sites (tertiary alicyclic amines) is 1. The number of phenols is 1. The second-order valence-electron chi connectivity index (χ2n) is 9.66. The molecule has 10 heteroatoms. The Labute approximate surface area is 224 Å². The first-order chi connectivity index (χ1) is 19.0. The third-order valence-electron chi connectivity index (χ3n) is 7.25. The lowest BCUT2D eigenvalue weighted by molar-refractivity contribution is -0.121. The maximum atomic E-state index is 13.8. The highest BCUT2D eigenvalue weighted by Gasteiger charge is 2.38. The van der Waals surface area contributed by atoms with Gasteiger partial charge in [-0.25, -0.2) is 9.67 Å². The number of hydrogen-bond donors (Lipinski definition) is 2. The molecular weight excluding hydrogens is 498 g/mol. The summed E-state index contributed by atoms with van der Waals surface area (Å²) in [6.07, 6.45) is 3.71. The molecule has 2 aliphatic heterocycles. The normalized spacial score (nSPS) is 18.6. The van der Waals surface area contributed by atoms with Gasteiger partial charge in [-0.3, -0.25) is 9.59 Å². The Bertz CT molecular complexity index is 1540. The molecule has 10 nitrogen and oxygen atoms in total. The Morgan fingerprint density at radius 1 is 1.08 bits per heavy atom. The molecule has 3 heterocycles. The van der Waals surface area contributed by atoms with Gasteiger partial charge in [-0.05, 0) is 53.9 Å². The number of aryl methyl sites for hydroxylation is 1. The van der Waals surface area contributed by atoms with Crippen LogP contribution in [-0.4, -0.2) is 62.8 Å². The summed E-state index contributed by atoms with van der Waals surface area (Å²) in [5.41, 5.74) is 2.87. The van der Waals surface area contributed by atoms with Crippen LogP contribution >= 0.6 is 0 Å². The minimum absolute atomic E-state index is 0.00732. The second-order valence-corrected chi connectivity index (χ2v) is 9.66. The highest BCUT2D eigenvalue weighted by Crippen LogP contribution is 2.40. The maximum absolute atomic E-state index is 13.8. The zero-order valence-electron chi connectivity index (χ0n) is 21.3. The molecule has 198 valence electrons. The molecule has 0 aliphatic carbocycles. The van der Waals surface area contributed by atoms with Crippen molar-refractivity contribution in [3.05, 3.63) is 90.0 Å². The summed E-state index contributed by atoms with van der Waals surface area (Å²) in [5, 5.41) is 17.8. The van der Waals surface area contributed by atoms with Crippen molar-refractivity contribution in [2.24, 2.45) is 0 Å². The Kier molecular flexibility index (Phi) is 6.36. The van der Waals surface area contributed by atoms with Crippen LogP contribution in [0.15, 0.2) is 73.3 Å². The molecular formula is C29H27N5O5. The number of fused-ring (bicyclic) bond motifs is 6. The van der Waals surface area contributed by atoms with Crippen molar-refractivity contribution >= 4 is 11.8 Å². The predicted molar refractivity (Wildman–Crippen MR) is 141 cm³/mol. The number of nitrogens with one attached hydrogen (secondary N) is 1. The number of amides is 2. The monoisotopic (exact) mass is 525 g/mol. The molecule has 0 radical (unpaired) electrons. The Hall–Kier alpha value is -4.86. The second kappa shape index (κ2) is 10.1. The summed E-state index contributed by atoms with van der Waals surface area (Å²) < 4.78 is 13.2. The number of hydrogen-bond acceptors (Lipinski definition) is 7. The first-order valence-electron chi connectivity index (χ1n) is 12.7. The van der Waals surface area contributed by atoms with Crippen molar-refractivity contribution in [1.82, 2.24) is 25.0 Å². The lowest BCUT2D eigenvalue weighted by Gasteiger charge is -2.21. The number of carbonyl (C=O) groups is 2. The molecule has 1 saturated heterocycles. The van der Waals surface area contributed by atoms with Crippen LogP contribution in [0.25, 0.3) is 5.69 Å². The van der Waals surface area contributed by atoms with E-state index in [0.717, 1.165) is 11.1 Å². The molecule has 2 aliphatic rings. The Morgan fingerprint density at radius 3 is 2.77 bits per heavy atom. The van der Waals surface area contributed by atoms with Gasteiger partial charge in [0.2, 0.25) is 5.91 Å². The number of rotatable bonds is 3. The number of methoxy groups -OCH3 is 1. The summed E-state index contributed by atoms with van der Waals surface area (Å²) in [7, 11) is 1.55. The van der Waals surface area contributed by atoms with Crippen LogP contribution in [0.1, 0.15) is 33.8 Å². The van der Waals surface area contributed by atoms with Gasteiger partial charge < -0.3 is 24.8 Å². The molecule has 6 rings (SSSR count). The minimum Gasteiger partial charge on any atom is -0.504 e. The molecule has 0 saturated carbocycles. The summed E-state index contributed by atoms with van der Waals surface area (Å²) in [4.78, 5) is 32.6. The van der Waals surface area contributed by atoms with Gasteiger partial charge in [-0.15, -0.1) is 0 Å². The zero-order valence-corrected chi connectivity index (χ0v) is 21.3. The quantitative estimate of drug-likeness (QED) is 0.421. The van der Waals surface area contributed by atoms with Crippen LogP contribution in [0.5, 0.6) is 23.0 Å². The number of benzene rings is 3. The van der Waals surface area contributed by atoms with E-state index in [-0.39, 0.29) is 41.7 Å². The van der Waals surface area contributed by atoms with E-state index in [0.29, 0.717) is 42.3 Å². The van der Waals surface area contributed by atoms with Gasteiger partial charge in [0.25, 0.3) is 5.91 Å². The van der Waals surface area contributed by atoms with Crippen molar-refractivity contribution in [2.45, 2.75) is 24.8 Å². The first kappa shape index (κ1) is 24.5. The largest absolute Gasteiger partial charge is 0.504 e. The van der Waals surface area contributed by atoms with E-state index in [1.807, 2.05) is 30.3 Å². The molecule has 1 aromatic heterocycles. The third-order valence-corrected chi connectivity index (χ3v) is 7.25. The molecule has 2 N–H and O–H groups in total. The number of para-hydroxylation sites is 1. The van der Waals surface area contributed by atoms with Crippen LogP contribution in [0, 0.1) is 0 Å². The molecule has 3 aromatic carbocycles. The van der Waals surface area contributed by atoms with Gasteiger partial charge in [0.05, 0.1) is 24.4 Å². The van der Waals surface area contributed by atoms with Crippen LogP contribution < -0.4 is 14.8 Å². The molecule has 4 bridgehead atoms. The highest BCUT2D eigenvalue weighted by molar-refractivity contribution is 5.98. The molecule has 2 amide bonds. The van der Waals surface area contributed by atoms with Gasteiger partial charge in [-0.2, -0.15) is 5.10 Å². The smallest absolute Gasteiger partial charge is 0.256 e. The molecule has 1 fully saturated rings. The highest BCUT2D eigenvalue weighted by atomic mass is 16.5. The number of aromatic nitrogens is 3. The van der Waals surface area contributed by atoms with E-state index in [4.69, 9.17) is 9.47 Å². The van der Waals surface area contributed by atoms with Crippen molar-refractivity contribution < 1.29 is 24.2 Å². The van der Waals surface area contributed by atoms with E-state index in [2.05, 4.69) is 15.4 Å². The summed E-state index contributed by atoms with van der Waals surface area (Å²) in [5.74, 6) is 0.765. The third kappa shape index (κ3) is 4.76. The lowest BCUT2D eigenvalue weighted by atomic mass is 9.93. The maximum Gasteiger partial charge on any atom is 0.256 e. The first-order valence-corrected chi connectivity index (χ1v) is 12.7. The fraction of sp³-hybridized carbons (Fsp3) is 0.241. The summed E-state index contributed by atoms with van der Waals surface area (Å²) in [6.45, 7) is 0.734. The molecule has 0 unspecified atom stereocenters. The van der Waals surface area contributed by atoms with Gasteiger partial charge >= 0.3 is 0 Å². The van der Waals surface area contributed by atoms with E-state index in [1.165, 1.54) is 6.33 Å². The van der Waals surface area contributed by atoms with Gasteiger partial charge in [-0.1, -0.05) is 24.3 Å². The number of ether oxygens (including phenoxy) is 2. The zero-order chi connectivity index (χ0) is 26.9. The SMILES string of the molecule is COc1ccc2cc1Oc1cc(ccc1O)CCC(=O)N[C@@H]1CN(C(=O)c3ccccc3-n3cncn3)C[C@@H]21. The standard InChI is InChI=1S/C29H27N5O5/c1-38-25-10-8-19-13-27(25)39-26-12-18(6-9-24(26)35)7-11-28(36)32-22-15-33(14-21(19)22)29(37)20-4-2-3-5-23(20)34-17-30-16-31-34/h2-6,8-10,12-13,16-17,21-22,35H,7,11,14-15H2,1H3,(H,32,36)/t21-,22+/m0/s1. The lowest BCUT2D eigenvalue weighted by Crippen LogP contribution is -2.40. The molecule has 2 atom stereocenters. The van der Waals surface area contributed by atoms with Crippen molar-refractivity contribution in [1.29, 1.82) is 0 Å². The fourth-order valence-electron chi connectivity index (χ4n) is 5.27. The molecule has 39 heavy (non-hydrogen) atoms. The van der Waals surface area contributed by atoms with Crippen LogP contribution in [0.3, 0.4) is 0 Å². The average Bonchev–Trinajstić information content (AvgIpc) is 3.63. The van der Waals surface area contributed by atoms with E-state index < -0.39 is 0 Å². The number of phenolic OH excluding ortho intramolecular Hbond substituents is 1. The molecule has 4 aromatic rings. The number of nitrogens with zero attached hydrogens (tertiary/aromatic N) is 4. The van der Waals surface area contributed by atoms with Crippen molar-refractivity contribution in [2.75, 3.05) is 20.2 Å². The Morgan fingerprint density at radius 2 is 1.95 bits per heavy atom. The Balaban J connectivity index is 1.37. The van der Waals surface area contributed by atoms with Gasteiger partial charge in [0.1, 0.15) is 12.7 Å². The fourth-order valence-corrected chi connectivity index (χ4v) is 5.27. The van der Waals surface area contributed by atoms with Gasteiger partial charge in [0, 0.05) is 25.4 Å². The summed E-state index contributed by atoms with van der Waals surface area (Å²) in [6, 6.07) is 17.6. The summed E-state index contributed by atoms with van der Waals surface area (Å²) >= 11 is 0. The average molecular weight is 526 g/mol. The van der Waals surface area contributed by atoms with E-state index in [1.54, 1.807) is 53.4 Å². The van der Waals surface area contributed by atoms with Crippen LogP contribution in [-0.2, 0) is 11.2 Å². The molecule has 0 spiro atoms. The van der Waals surface area contributed by atoms with E-state index >= 15 is 0 Å². The van der Waals surface area contributed by atoms with Crippen LogP contribution in [0.2, 0.25) is 0 Å². The van der Waals surface area contributed by atoms with Crippen LogP contribution in [0.4, 0.5) is 0 Å². The topological polar surface area (TPSA) is 119 Å². The van der Waals surface area contributed by atoms with Crippen molar-refractivity contribution in [3.63, 3.8) is 0 Å². The number of carbonyl (C=O) groups excluding carboxylic acids is 2. The predicted octanol–water partition coefficient (Wildman–Crippen LogP) is 3.44. The minimum atomic E-state index is -0.307. The number of aromatic hydroxyl groups is 1. The van der Waals surface area contributed by atoms with Crippen molar-refractivity contribution in [3.8, 4) is 28.7 Å². The van der Waals surface area contributed by atoms with Gasteiger partial charge in [0.15, 0.2) is 23.0 Å². The van der Waals surface area contributed by atoms with E-state index in [9.17, 15) is 14.7 Å².